The quantitative estimate of drug-likeness (QED) is 0.803. The third-order valence-electron chi connectivity index (χ3n) is 6.72. The summed E-state index contributed by atoms with van der Waals surface area (Å²) in [6.07, 6.45) is 12.6. The predicted octanol–water partition coefficient (Wildman–Crippen LogP) is 3.48. The van der Waals surface area contributed by atoms with Crippen LogP contribution >= 0.6 is 0 Å². The molecule has 4 heteroatoms. The number of likely N-dealkylation sites (tertiary alicyclic amines) is 1. The molecule has 2 aliphatic heterocycles. The van der Waals surface area contributed by atoms with Crippen LogP contribution in [0.5, 0.6) is 0 Å². The van der Waals surface area contributed by atoms with Crippen LogP contribution < -0.4 is 0 Å². The number of allylic oxidation sites excluding steroid dienone is 3. The van der Waals surface area contributed by atoms with E-state index < -0.39 is 0 Å². The fourth-order valence-electron chi connectivity index (χ4n) is 5.00. The number of benzene rings is 1. The average molecular weight is 395 g/mol. The van der Waals surface area contributed by atoms with E-state index in [2.05, 4.69) is 41.3 Å². The number of carbonyl (C=O) groups excluding carboxylic acids is 1. The molecule has 1 aromatic rings. The Kier molecular flexibility index (Phi) is 6.39. The van der Waals surface area contributed by atoms with Gasteiger partial charge in [0, 0.05) is 38.3 Å². The maximum absolute atomic E-state index is 12.0. The molecule has 3 aliphatic rings. The van der Waals surface area contributed by atoms with Crippen molar-refractivity contribution in [2.75, 3.05) is 26.2 Å². The van der Waals surface area contributed by atoms with Crippen LogP contribution in [0.3, 0.4) is 0 Å². The maximum Gasteiger partial charge on any atom is 0.222 e. The van der Waals surface area contributed by atoms with Gasteiger partial charge in [-0.2, -0.15) is 0 Å². The zero-order chi connectivity index (χ0) is 20.2. The van der Waals surface area contributed by atoms with Crippen molar-refractivity contribution < 1.29 is 9.90 Å². The number of carbonyl (C=O) groups is 1. The Morgan fingerprint density at radius 1 is 1.21 bits per heavy atom. The lowest BCUT2D eigenvalue weighted by molar-refractivity contribution is -0.132. The van der Waals surface area contributed by atoms with Crippen molar-refractivity contribution in [1.82, 2.24) is 9.80 Å². The number of nitrogens with zero attached hydrogens (tertiary/aromatic N) is 2. The summed E-state index contributed by atoms with van der Waals surface area (Å²) in [4.78, 5) is 16.5. The normalized spacial score (nSPS) is 22.4. The van der Waals surface area contributed by atoms with Crippen LogP contribution in [0.15, 0.2) is 42.1 Å². The van der Waals surface area contributed by atoms with Gasteiger partial charge >= 0.3 is 0 Å². The number of piperidine rings is 1. The highest BCUT2D eigenvalue weighted by molar-refractivity contribution is 5.75. The molecule has 1 amide bonds. The van der Waals surface area contributed by atoms with Crippen LogP contribution in [0.1, 0.15) is 49.3 Å². The number of aliphatic hydroxyl groups excluding tert-OH is 1. The molecule has 1 N–H and O–H groups in total. The zero-order valence-electron chi connectivity index (χ0n) is 17.6. The summed E-state index contributed by atoms with van der Waals surface area (Å²) >= 11 is 0. The van der Waals surface area contributed by atoms with Gasteiger partial charge in [0.25, 0.3) is 0 Å². The van der Waals surface area contributed by atoms with Crippen molar-refractivity contribution in [2.45, 2.75) is 58.0 Å². The van der Waals surface area contributed by atoms with Crippen LogP contribution in [0, 0.1) is 5.92 Å². The summed E-state index contributed by atoms with van der Waals surface area (Å²) < 4.78 is 0. The van der Waals surface area contributed by atoms with E-state index in [0.717, 1.165) is 58.3 Å². The van der Waals surface area contributed by atoms with Gasteiger partial charge in [0.05, 0.1) is 6.10 Å². The van der Waals surface area contributed by atoms with E-state index in [4.69, 9.17) is 0 Å². The number of hydrogen-bond acceptors (Lipinski definition) is 3. The summed E-state index contributed by atoms with van der Waals surface area (Å²) in [5, 5.41) is 10.7. The number of aliphatic hydroxyl groups is 1. The van der Waals surface area contributed by atoms with Crippen LogP contribution in [0.2, 0.25) is 0 Å². The summed E-state index contributed by atoms with van der Waals surface area (Å²) in [6, 6.07) is 6.79. The highest BCUT2D eigenvalue weighted by atomic mass is 16.3. The summed E-state index contributed by atoms with van der Waals surface area (Å²) in [6.45, 7) is 5.78. The minimum absolute atomic E-state index is 0.247. The third-order valence-corrected chi connectivity index (χ3v) is 6.72. The number of hydrogen-bond donors (Lipinski definition) is 1. The van der Waals surface area contributed by atoms with Gasteiger partial charge in [0.1, 0.15) is 0 Å². The Bertz CT molecular complexity index is 798. The van der Waals surface area contributed by atoms with E-state index in [9.17, 15) is 9.90 Å². The lowest BCUT2D eigenvalue weighted by atomic mass is 9.89. The molecule has 1 aromatic carbocycles. The molecule has 0 saturated carbocycles. The molecule has 4 nitrogen and oxygen atoms in total. The maximum atomic E-state index is 12.0. The molecule has 0 bridgehead atoms. The standard InChI is InChI=1S/C25H34N2O2/c1-2-25(29)27-12-4-5-20(18-27)17-24(28)16-19-8-9-21-10-13-26(23-6-3-7-23)14-11-22(21)15-19/h3,6-9,15,20,24,28H,2,4-5,10-14,16-18H2,1H3. The fraction of sp³-hybridized carbons (Fsp3) is 0.560. The SMILES string of the molecule is CCC(=O)N1CCCC(CC(O)Cc2ccc3c(c2)CCN(C2=CC=C2)CC3)C1. The third kappa shape index (κ3) is 4.92. The largest absolute Gasteiger partial charge is 0.393 e. The Hall–Kier alpha value is -2.07. The predicted molar refractivity (Wildman–Crippen MR) is 117 cm³/mol. The van der Waals surface area contributed by atoms with Crippen molar-refractivity contribution in [1.29, 1.82) is 0 Å². The Balaban J connectivity index is 1.32. The molecule has 0 radical (unpaired) electrons. The van der Waals surface area contributed by atoms with Crippen molar-refractivity contribution >= 4 is 5.91 Å². The first kappa shape index (κ1) is 20.2. The Morgan fingerprint density at radius 3 is 2.72 bits per heavy atom. The fourth-order valence-corrected chi connectivity index (χ4v) is 5.00. The topological polar surface area (TPSA) is 43.8 Å². The molecule has 156 valence electrons. The van der Waals surface area contributed by atoms with Crippen molar-refractivity contribution in [3.63, 3.8) is 0 Å². The summed E-state index contributed by atoms with van der Waals surface area (Å²) in [5.41, 5.74) is 5.50. The molecule has 1 aliphatic carbocycles. The molecule has 0 spiro atoms. The average Bonchev–Trinajstić information content (AvgIpc) is 2.88. The van der Waals surface area contributed by atoms with E-state index in [1.54, 1.807) is 0 Å². The van der Waals surface area contributed by atoms with E-state index in [-0.39, 0.29) is 12.0 Å². The minimum Gasteiger partial charge on any atom is -0.393 e. The van der Waals surface area contributed by atoms with Crippen molar-refractivity contribution in [2.24, 2.45) is 5.92 Å². The highest BCUT2D eigenvalue weighted by Gasteiger charge is 2.25. The first-order valence-electron chi connectivity index (χ1n) is 11.3. The molecule has 4 rings (SSSR count). The van der Waals surface area contributed by atoms with Crippen LogP contribution in [0.25, 0.3) is 0 Å². The van der Waals surface area contributed by atoms with Gasteiger partial charge in [-0.3, -0.25) is 4.79 Å². The van der Waals surface area contributed by atoms with Gasteiger partial charge in [0.15, 0.2) is 0 Å². The molecule has 0 aromatic heterocycles. The summed E-state index contributed by atoms with van der Waals surface area (Å²) in [7, 11) is 0. The van der Waals surface area contributed by atoms with Gasteiger partial charge in [-0.15, -0.1) is 0 Å². The van der Waals surface area contributed by atoms with E-state index >= 15 is 0 Å². The lowest BCUT2D eigenvalue weighted by Gasteiger charge is -2.33. The smallest absolute Gasteiger partial charge is 0.222 e. The van der Waals surface area contributed by atoms with Gasteiger partial charge in [0.2, 0.25) is 5.91 Å². The molecule has 2 atom stereocenters. The first-order valence-corrected chi connectivity index (χ1v) is 11.3. The minimum atomic E-state index is -0.331. The molecule has 1 fully saturated rings. The van der Waals surface area contributed by atoms with Crippen LogP contribution in [0.4, 0.5) is 0 Å². The van der Waals surface area contributed by atoms with E-state index in [1.807, 2.05) is 11.8 Å². The molecular formula is C25H34N2O2. The first-order chi connectivity index (χ1) is 14.1. The van der Waals surface area contributed by atoms with Crippen molar-refractivity contribution in [3.8, 4) is 0 Å². The molecule has 1 saturated heterocycles. The summed E-state index contributed by atoms with van der Waals surface area (Å²) in [5.74, 6) is 0.671. The van der Waals surface area contributed by atoms with Crippen LogP contribution in [-0.4, -0.2) is 53.1 Å². The van der Waals surface area contributed by atoms with Gasteiger partial charge in [-0.05, 0) is 73.3 Å². The highest BCUT2D eigenvalue weighted by Crippen LogP contribution is 2.25. The second kappa shape index (κ2) is 9.17. The molecule has 2 heterocycles. The number of fused-ring (bicyclic) bond motifs is 1. The number of amides is 1. The van der Waals surface area contributed by atoms with Gasteiger partial charge < -0.3 is 14.9 Å². The zero-order valence-corrected chi connectivity index (χ0v) is 17.6. The number of rotatable bonds is 6. The Labute approximate surface area is 174 Å². The van der Waals surface area contributed by atoms with E-state index in [0.29, 0.717) is 18.8 Å². The molecule has 29 heavy (non-hydrogen) atoms. The molecular weight excluding hydrogens is 360 g/mol. The van der Waals surface area contributed by atoms with Gasteiger partial charge in [-0.1, -0.05) is 31.2 Å². The van der Waals surface area contributed by atoms with Gasteiger partial charge in [-0.25, -0.2) is 0 Å². The second-order valence-electron chi connectivity index (χ2n) is 8.84. The van der Waals surface area contributed by atoms with Crippen LogP contribution in [-0.2, 0) is 24.1 Å². The monoisotopic (exact) mass is 394 g/mol. The molecule has 2 unspecified atom stereocenters. The Morgan fingerprint density at radius 2 is 2.00 bits per heavy atom. The lowest BCUT2D eigenvalue weighted by Crippen LogP contribution is -2.40. The van der Waals surface area contributed by atoms with E-state index in [1.165, 1.54) is 22.4 Å². The second-order valence-corrected chi connectivity index (χ2v) is 8.84. The van der Waals surface area contributed by atoms with Crippen molar-refractivity contribution in [3.05, 3.63) is 58.8 Å².